The number of hydrogen-bond acceptors (Lipinski definition) is 5. The predicted octanol–water partition coefficient (Wildman–Crippen LogP) is 2.16. The van der Waals surface area contributed by atoms with E-state index in [0.29, 0.717) is 30.4 Å². The Balaban J connectivity index is 1.78. The third-order valence-electron chi connectivity index (χ3n) is 3.11. The van der Waals surface area contributed by atoms with E-state index in [4.69, 9.17) is 19.9 Å². The number of phenolic OH excluding ortho intramolecular Hbond substituents is 1. The molecule has 0 aromatic heterocycles. The lowest BCUT2D eigenvalue weighted by molar-refractivity contribution is 0.173. The highest BCUT2D eigenvalue weighted by Crippen LogP contribution is 2.38. The minimum absolute atomic E-state index is 0.223. The van der Waals surface area contributed by atoms with Gasteiger partial charge in [0.05, 0.1) is 0 Å². The lowest BCUT2D eigenvalue weighted by Gasteiger charge is -2.11. The standard InChI is InChI=1S/C15H15NO4/c16-7-11-5-14-15(20-9-19-14)6-13(11)18-8-10-1-3-12(17)4-2-10/h1-6,17H,7-9,16H2. The SMILES string of the molecule is NCc1cc2c(cc1OCc1ccc(O)cc1)OCO2. The van der Waals surface area contributed by atoms with Crippen molar-refractivity contribution in [3.63, 3.8) is 0 Å². The molecule has 0 amide bonds. The van der Waals surface area contributed by atoms with Crippen molar-refractivity contribution in [3.05, 3.63) is 47.5 Å². The highest BCUT2D eigenvalue weighted by Gasteiger charge is 2.17. The van der Waals surface area contributed by atoms with Crippen LogP contribution in [0.2, 0.25) is 0 Å². The molecule has 2 aromatic carbocycles. The third-order valence-corrected chi connectivity index (χ3v) is 3.11. The van der Waals surface area contributed by atoms with Crippen LogP contribution in [0.5, 0.6) is 23.0 Å². The number of aromatic hydroxyl groups is 1. The second-order valence-electron chi connectivity index (χ2n) is 4.47. The summed E-state index contributed by atoms with van der Waals surface area (Å²) in [5, 5.41) is 9.24. The summed E-state index contributed by atoms with van der Waals surface area (Å²) in [5.41, 5.74) is 7.55. The van der Waals surface area contributed by atoms with Gasteiger partial charge < -0.3 is 25.1 Å². The summed E-state index contributed by atoms with van der Waals surface area (Å²) in [6.45, 7) is 0.981. The minimum atomic E-state index is 0.223. The molecule has 3 rings (SSSR count). The quantitative estimate of drug-likeness (QED) is 0.893. The summed E-state index contributed by atoms with van der Waals surface area (Å²) in [6.07, 6.45) is 0. The van der Waals surface area contributed by atoms with Gasteiger partial charge in [0.1, 0.15) is 18.1 Å². The molecule has 104 valence electrons. The Morgan fingerprint density at radius 1 is 1.10 bits per heavy atom. The molecule has 0 unspecified atom stereocenters. The Kier molecular flexibility index (Phi) is 3.35. The van der Waals surface area contributed by atoms with Crippen molar-refractivity contribution in [2.24, 2.45) is 5.73 Å². The molecule has 1 heterocycles. The normalized spacial score (nSPS) is 12.4. The van der Waals surface area contributed by atoms with Crippen LogP contribution in [0.25, 0.3) is 0 Å². The zero-order valence-electron chi connectivity index (χ0n) is 10.8. The van der Waals surface area contributed by atoms with Crippen LogP contribution in [0, 0.1) is 0 Å². The molecule has 0 atom stereocenters. The average Bonchev–Trinajstić information content (AvgIpc) is 2.92. The molecule has 0 aliphatic carbocycles. The number of benzene rings is 2. The summed E-state index contributed by atoms with van der Waals surface area (Å²) >= 11 is 0. The minimum Gasteiger partial charge on any atom is -0.508 e. The van der Waals surface area contributed by atoms with E-state index < -0.39 is 0 Å². The second kappa shape index (κ2) is 5.30. The average molecular weight is 273 g/mol. The summed E-state index contributed by atoms with van der Waals surface area (Å²) in [4.78, 5) is 0. The van der Waals surface area contributed by atoms with Crippen molar-refractivity contribution in [1.29, 1.82) is 0 Å². The van der Waals surface area contributed by atoms with E-state index in [1.54, 1.807) is 18.2 Å². The van der Waals surface area contributed by atoms with Gasteiger partial charge in [0.15, 0.2) is 11.5 Å². The zero-order chi connectivity index (χ0) is 13.9. The highest BCUT2D eigenvalue weighted by atomic mass is 16.7. The van der Waals surface area contributed by atoms with Gasteiger partial charge in [0.25, 0.3) is 0 Å². The monoisotopic (exact) mass is 273 g/mol. The highest BCUT2D eigenvalue weighted by molar-refractivity contribution is 5.51. The lowest BCUT2D eigenvalue weighted by atomic mass is 10.1. The Morgan fingerprint density at radius 2 is 1.80 bits per heavy atom. The van der Waals surface area contributed by atoms with Gasteiger partial charge in [-0.3, -0.25) is 0 Å². The van der Waals surface area contributed by atoms with Crippen LogP contribution in [0.15, 0.2) is 36.4 Å². The Labute approximate surface area is 116 Å². The van der Waals surface area contributed by atoms with E-state index >= 15 is 0 Å². The fourth-order valence-electron chi connectivity index (χ4n) is 2.01. The van der Waals surface area contributed by atoms with Gasteiger partial charge in [-0.25, -0.2) is 0 Å². The van der Waals surface area contributed by atoms with Crippen LogP contribution in [-0.2, 0) is 13.2 Å². The van der Waals surface area contributed by atoms with E-state index in [0.717, 1.165) is 11.1 Å². The number of nitrogens with two attached hydrogens (primary N) is 1. The number of fused-ring (bicyclic) bond motifs is 1. The molecule has 20 heavy (non-hydrogen) atoms. The maximum Gasteiger partial charge on any atom is 0.231 e. The fourth-order valence-corrected chi connectivity index (χ4v) is 2.01. The predicted molar refractivity (Wildman–Crippen MR) is 72.9 cm³/mol. The van der Waals surface area contributed by atoms with Gasteiger partial charge in [0, 0.05) is 18.2 Å². The van der Waals surface area contributed by atoms with Crippen LogP contribution in [-0.4, -0.2) is 11.9 Å². The van der Waals surface area contributed by atoms with Gasteiger partial charge >= 0.3 is 0 Å². The van der Waals surface area contributed by atoms with Gasteiger partial charge in [0.2, 0.25) is 6.79 Å². The molecule has 1 aliphatic rings. The first-order valence-electron chi connectivity index (χ1n) is 6.29. The van der Waals surface area contributed by atoms with Crippen molar-refractivity contribution in [2.75, 3.05) is 6.79 Å². The smallest absolute Gasteiger partial charge is 0.231 e. The van der Waals surface area contributed by atoms with Crippen molar-refractivity contribution >= 4 is 0 Å². The van der Waals surface area contributed by atoms with Gasteiger partial charge in [-0.2, -0.15) is 0 Å². The number of phenols is 1. The van der Waals surface area contributed by atoms with Crippen molar-refractivity contribution in [2.45, 2.75) is 13.2 Å². The molecule has 1 aliphatic heterocycles. The maximum atomic E-state index is 9.24. The molecule has 0 fully saturated rings. The molecule has 0 saturated heterocycles. The first kappa shape index (κ1) is 12.6. The second-order valence-corrected chi connectivity index (χ2v) is 4.47. The van der Waals surface area contributed by atoms with Crippen LogP contribution in [0.4, 0.5) is 0 Å². The van der Waals surface area contributed by atoms with E-state index in [1.807, 2.05) is 18.2 Å². The van der Waals surface area contributed by atoms with Crippen LogP contribution in [0.1, 0.15) is 11.1 Å². The van der Waals surface area contributed by atoms with Crippen LogP contribution >= 0.6 is 0 Å². The Morgan fingerprint density at radius 3 is 2.50 bits per heavy atom. The van der Waals surface area contributed by atoms with E-state index in [2.05, 4.69) is 0 Å². The van der Waals surface area contributed by atoms with Crippen molar-refractivity contribution < 1.29 is 19.3 Å². The van der Waals surface area contributed by atoms with Crippen molar-refractivity contribution in [1.82, 2.24) is 0 Å². The van der Waals surface area contributed by atoms with Gasteiger partial charge in [-0.1, -0.05) is 12.1 Å². The molecule has 2 aromatic rings. The molecular formula is C15H15NO4. The molecule has 0 spiro atoms. The molecule has 5 nitrogen and oxygen atoms in total. The van der Waals surface area contributed by atoms with Crippen LogP contribution < -0.4 is 19.9 Å². The summed E-state index contributed by atoms with van der Waals surface area (Å²) < 4.78 is 16.4. The molecule has 0 radical (unpaired) electrons. The van der Waals surface area contributed by atoms with E-state index in [-0.39, 0.29) is 12.5 Å². The first-order valence-corrected chi connectivity index (χ1v) is 6.29. The number of ether oxygens (including phenoxy) is 3. The summed E-state index contributed by atoms with van der Waals surface area (Å²) in [6, 6.07) is 10.5. The third kappa shape index (κ3) is 2.48. The molecule has 0 saturated carbocycles. The topological polar surface area (TPSA) is 73.9 Å². The Bertz CT molecular complexity index is 610. The first-order chi connectivity index (χ1) is 9.76. The maximum absolute atomic E-state index is 9.24. The fraction of sp³-hybridized carbons (Fsp3) is 0.200. The molecule has 0 bridgehead atoms. The molecule has 5 heteroatoms. The number of rotatable bonds is 4. The van der Waals surface area contributed by atoms with Gasteiger partial charge in [-0.05, 0) is 23.8 Å². The zero-order valence-corrected chi connectivity index (χ0v) is 10.8. The van der Waals surface area contributed by atoms with Crippen LogP contribution in [0.3, 0.4) is 0 Å². The largest absolute Gasteiger partial charge is 0.508 e. The van der Waals surface area contributed by atoms with Crippen molar-refractivity contribution in [3.8, 4) is 23.0 Å². The van der Waals surface area contributed by atoms with Gasteiger partial charge in [-0.15, -0.1) is 0 Å². The Hall–Kier alpha value is -2.40. The van der Waals surface area contributed by atoms with E-state index in [9.17, 15) is 5.11 Å². The summed E-state index contributed by atoms with van der Waals surface area (Å²) in [7, 11) is 0. The molecule has 3 N–H and O–H groups in total. The summed E-state index contributed by atoms with van der Waals surface area (Å²) in [5.74, 6) is 2.29. The number of hydrogen-bond donors (Lipinski definition) is 2. The van der Waals surface area contributed by atoms with E-state index in [1.165, 1.54) is 0 Å². The lowest BCUT2D eigenvalue weighted by Crippen LogP contribution is -2.02. The molecular weight excluding hydrogens is 258 g/mol.